The van der Waals surface area contributed by atoms with Gasteiger partial charge in [0, 0.05) is 12.7 Å². The second kappa shape index (κ2) is 7.32. The number of fused-ring (bicyclic) bond motifs is 1. The molecule has 0 aliphatic carbocycles. The molecule has 0 unspecified atom stereocenters. The summed E-state index contributed by atoms with van der Waals surface area (Å²) in [6, 6.07) is 17.9. The SMILES string of the molecule is CCn1nccc1C(=O)N(Cc1ccccc1)c1nc2ccc(C)cc2s1. The second-order valence-corrected chi connectivity index (χ2v) is 7.39. The van der Waals surface area contributed by atoms with Crippen LogP contribution in [0.25, 0.3) is 10.2 Å². The molecule has 0 radical (unpaired) electrons. The highest BCUT2D eigenvalue weighted by Crippen LogP contribution is 2.31. The molecule has 0 fully saturated rings. The molecule has 0 N–H and O–H groups in total. The summed E-state index contributed by atoms with van der Waals surface area (Å²) in [4.78, 5) is 19.8. The molecule has 4 aromatic rings. The van der Waals surface area contributed by atoms with E-state index in [1.54, 1.807) is 33.2 Å². The summed E-state index contributed by atoms with van der Waals surface area (Å²) in [7, 11) is 0. The Kier molecular flexibility index (Phi) is 4.73. The van der Waals surface area contributed by atoms with Crippen molar-refractivity contribution >= 4 is 32.6 Å². The first kappa shape index (κ1) is 17.4. The van der Waals surface area contributed by atoms with E-state index in [1.807, 2.05) is 49.4 Å². The summed E-state index contributed by atoms with van der Waals surface area (Å²) in [5.41, 5.74) is 3.73. The molecule has 2 heterocycles. The number of nitrogens with zero attached hydrogens (tertiary/aromatic N) is 4. The minimum atomic E-state index is -0.0889. The van der Waals surface area contributed by atoms with E-state index >= 15 is 0 Å². The van der Waals surface area contributed by atoms with E-state index in [9.17, 15) is 4.79 Å². The highest BCUT2D eigenvalue weighted by atomic mass is 32.1. The van der Waals surface area contributed by atoms with Gasteiger partial charge in [0.15, 0.2) is 5.13 Å². The number of aromatic nitrogens is 3. The van der Waals surface area contributed by atoms with Crippen LogP contribution in [0.5, 0.6) is 0 Å². The van der Waals surface area contributed by atoms with E-state index in [1.165, 1.54) is 5.56 Å². The van der Waals surface area contributed by atoms with Gasteiger partial charge < -0.3 is 0 Å². The van der Waals surface area contributed by atoms with E-state index in [0.717, 1.165) is 15.8 Å². The van der Waals surface area contributed by atoms with Crippen LogP contribution in [0.1, 0.15) is 28.5 Å². The van der Waals surface area contributed by atoms with Crippen LogP contribution in [-0.4, -0.2) is 20.7 Å². The molecule has 1 amide bonds. The van der Waals surface area contributed by atoms with Crippen molar-refractivity contribution in [1.29, 1.82) is 0 Å². The van der Waals surface area contributed by atoms with Crippen molar-refractivity contribution in [2.24, 2.45) is 0 Å². The molecule has 0 aliphatic heterocycles. The Bertz CT molecular complexity index is 1080. The Morgan fingerprint density at radius 1 is 1.15 bits per heavy atom. The predicted octanol–water partition coefficient (Wildman–Crippen LogP) is 4.67. The molecule has 5 nitrogen and oxygen atoms in total. The van der Waals surface area contributed by atoms with Gasteiger partial charge in [-0.1, -0.05) is 47.7 Å². The largest absolute Gasteiger partial charge is 0.278 e. The molecule has 0 bridgehead atoms. The van der Waals surface area contributed by atoms with Crippen LogP contribution in [0.4, 0.5) is 5.13 Å². The van der Waals surface area contributed by atoms with Gasteiger partial charge in [-0.05, 0) is 43.2 Å². The van der Waals surface area contributed by atoms with Gasteiger partial charge in [-0.3, -0.25) is 14.4 Å². The third kappa shape index (κ3) is 3.48. The smallest absolute Gasteiger partial charge is 0.278 e. The number of amides is 1. The molecule has 2 aromatic heterocycles. The molecule has 6 heteroatoms. The fourth-order valence-electron chi connectivity index (χ4n) is 3.03. The fourth-order valence-corrected chi connectivity index (χ4v) is 4.09. The quantitative estimate of drug-likeness (QED) is 0.509. The standard InChI is InChI=1S/C21H20N4OS/c1-3-25-18(11-12-22-25)20(26)24(14-16-7-5-4-6-8-16)21-23-17-10-9-15(2)13-19(17)27-21/h4-13H,3,14H2,1-2H3. The van der Waals surface area contributed by atoms with E-state index in [-0.39, 0.29) is 5.91 Å². The molecule has 4 rings (SSSR count). The molecule has 0 spiro atoms. The van der Waals surface area contributed by atoms with Crippen LogP contribution in [0.3, 0.4) is 0 Å². The summed E-state index contributed by atoms with van der Waals surface area (Å²) in [5, 5.41) is 4.95. The summed E-state index contributed by atoms with van der Waals surface area (Å²) < 4.78 is 2.80. The number of hydrogen-bond acceptors (Lipinski definition) is 4. The molecule has 0 aliphatic rings. The number of anilines is 1. The highest BCUT2D eigenvalue weighted by Gasteiger charge is 2.24. The lowest BCUT2D eigenvalue weighted by molar-refractivity contribution is 0.0975. The number of rotatable bonds is 5. The van der Waals surface area contributed by atoms with Crippen molar-refractivity contribution in [3.05, 3.63) is 77.6 Å². The van der Waals surface area contributed by atoms with Gasteiger partial charge in [0.2, 0.25) is 0 Å². The van der Waals surface area contributed by atoms with Gasteiger partial charge in [-0.25, -0.2) is 4.98 Å². The van der Waals surface area contributed by atoms with Crippen LogP contribution in [0, 0.1) is 6.92 Å². The Morgan fingerprint density at radius 2 is 1.96 bits per heavy atom. The number of aryl methyl sites for hydroxylation is 2. The van der Waals surface area contributed by atoms with E-state index in [4.69, 9.17) is 4.98 Å². The Hall–Kier alpha value is -2.99. The van der Waals surface area contributed by atoms with Gasteiger partial charge in [0.25, 0.3) is 5.91 Å². The van der Waals surface area contributed by atoms with Crippen LogP contribution in [-0.2, 0) is 13.1 Å². The lowest BCUT2D eigenvalue weighted by Crippen LogP contribution is -2.32. The fraction of sp³-hybridized carbons (Fsp3) is 0.190. The van der Waals surface area contributed by atoms with Crippen molar-refractivity contribution in [1.82, 2.24) is 14.8 Å². The summed E-state index contributed by atoms with van der Waals surface area (Å²) in [5.74, 6) is -0.0889. The van der Waals surface area contributed by atoms with Crippen LogP contribution in [0.2, 0.25) is 0 Å². The molecule has 27 heavy (non-hydrogen) atoms. The molecule has 0 saturated carbocycles. The van der Waals surface area contributed by atoms with Gasteiger partial charge >= 0.3 is 0 Å². The lowest BCUT2D eigenvalue weighted by atomic mass is 10.2. The number of thiazole rings is 1. The molecule has 2 aromatic carbocycles. The average molecular weight is 376 g/mol. The van der Waals surface area contributed by atoms with E-state index < -0.39 is 0 Å². The van der Waals surface area contributed by atoms with Crippen LogP contribution < -0.4 is 4.90 Å². The molecular formula is C21H20N4OS. The summed E-state index contributed by atoms with van der Waals surface area (Å²) >= 11 is 1.54. The van der Waals surface area contributed by atoms with Crippen molar-refractivity contribution in [3.8, 4) is 0 Å². The normalized spacial score (nSPS) is 11.0. The average Bonchev–Trinajstić information content (AvgIpc) is 3.32. The number of hydrogen-bond donors (Lipinski definition) is 0. The summed E-state index contributed by atoms with van der Waals surface area (Å²) in [6.45, 7) is 5.15. The first-order chi connectivity index (χ1) is 13.2. The number of benzene rings is 2. The Morgan fingerprint density at radius 3 is 2.74 bits per heavy atom. The zero-order valence-electron chi connectivity index (χ0n) is 15.3. The van der Waals surface area contributed by atoms with Gasteiger partial charge in [-0.2, -0.15) is 5.10 Å². The van der Waals surface area contributed by atoms with Crippen molar-refractivity contribution in [3.63, 3.8) is 0 Å². The zero-order chi connectivity index (χ0) is 18.8. The Balaban J connectivity index is 1.78. The maximum absolute atomic E-state index is 13.4. The minimum absolute atomic E-state index is 0.0889. The third-order valence-corrected chi connectivity index (χ3v) is 5.47. The number of carbonyl (C=O) groups excluding carboxylic acids is 1. The maximum Gasteiger partial charge on any atom is 0.278 e. The van der Waals surface area contributed by atoms with Gasteiger partial charge in [0.1, 0.15) is 5.69 Å². The topological polar surface area (TPSA) is 51.0 Å². The van der Waals surface area contributed by atoms with Crippen LogP contribution >= 0.6 is 11.3 Å². The number of carbonyl (C=O) groups is 1. The van der Waals surface area contributed by atoms with Gasteiger partial charge in [0.05, 0.1) is 16.8 Å². The summed E-state index contributed by atoms with van der Waals surface area (Å²) in [6.07, 6.45) is 1.67. The molecule has 0 atom stereocenters. The van der Waals surface area contributed by atoms with E-state index in [0.29, 0.717) is 23.9 Å². The molecule has 136 valence electrons. The van der Waals surface area contributed by atoms with Gasteiger partial charge in [-0.15, -0.1) is 0 Å². The van der Waals surface area contributed by atoms with E-state index in [2.05, 4.69) is 18.1 Å². The minimum Gasteiger partial charge on any atom is -0.278 e. The first-order valence-electron chi connectivity index (χ1n) is 8.90. The van der Waals surface area contributed by atoms with Crippen molar-refractivity contribution < 1.29 is 4.79 Å². The first-order valence-corrected chi connectivity index (χ1v) is 9.72. The van der Waals surface area contributed by atoms with Crippen LogP contribution in [0.15, 0.2) is 60.8 Å². The molecule has 0 saturated heterocycles. The highest BCUT2D eigenvalue weighted by molar-refractivity contribution is 7.22. The van der Waals surface area contributed by atoms with Crippen molar-refractivity contribution in [2.45, 2.75) is 26.9 Å². The predicted molar refractivity (Wildman–Crippen MR) is 109 cm³/mol. The zero-order valence-corrected chi connectivity index (χ0v) is 16.1. The second-order valence-electron chi connectivity index (χ2n) is 6.38. The monoisotopic (exact) mass is 376 g/mol. The maximum atomic E-state index is 13.4. The lowest BCUT2D eigenvalue weighted by Gasteiger charge is -2.20. The Labute approximate surface area is 161 Å². The van der Waals surface area contributed by atoms with Crippen molar-refractivity contribution in [2.75, 3.05) is 4.90 Å². The third-order valence-electron chi connectivity index (χ3n) is 4.43. The molecular weight excluding hydrogens is 356 g/mol.